The number of amides is 1. The van der Waals surface area contributed by atoms with E-state index in [4.69, 9.17) is 15.2 Å². The van der Waals surface area contributed by atoms with Crippen molar-refractivity contribution in [3.05, 3.63) is 29.8 Å². The monoisotopic (exact) mass is 306 g/mol. The summed E-state index contributed by atoms with van der Waals surface area (Å²) in [6, 6.07) is 4.51. The highest BCUT2D eigenvalue weighted by atomic mass is 19.4. The van der Waals surface area contributed by atoms with Crippen LogP contribution < -0.4 is 15.8 Å². The highest BCUT2D eigenvalue weighted by molar-refractivity contribution is 5.67. The first-order valence-electron chi connectivity index (χ1n) is 6.31. The van der Waals surface area contributed by atoms with E-state index in [1.807, 2.05) is 0 Å². The van der Waals surface area contributed by atoms with E-state index in [-0.39, 0.29) is 19.0 Å². The quantitative estimate of drug-likeness (QED) is 0.792. The van der Waals surface area contributed by atoms with E-state index < -0.39 is 23.9 Å². The largest absolute Gasteiger partial charge is 0.490 e. The van der Waals surface area contributed by atoms with E-state index in [0.717, 1.165) is 12.1 Å². The number of alkyl carbamates (subject to hydrolysis) is 1. The molecule has 118 valence electrons. The van der Waals surface area contributed by atoms with Crippen LogP contribution in [0.3, 0.4) is 0 Å². The normalized spacial score (nSPS) is 12.6. The molecule has 1 rings (SSSR count). The Morgan fingerprint density at radius 2 is 2.14 bits per heavy atom. The van der Waals surface area contributed by atoms with Crippen LogP contribution in [0.15, 0.2) is 24.3 Å². The molecule has 8 heteroatoms. The molecular formula is C13H17F3N2O3. The van der Waals surface area contributed by atoms with E-state index in [9.17, 15) is 18.0 Å². The van der Waals surface area contributed by atoms with Gasteiger partial charge in [0.2, 0.25) is 0 Å². The van der Waals surface area contributed by atoms with Gasteiger partial charge in [0.15, 0.2) is 0 Å². The fourth-order valence-electron chi connectivity index (χ4n) is 1.46. The van der Waals surface area contributed by atoms with Gasteiger partial charge in [-0.2, -0.15) is 13.2 Å². The minimum absolute atomic E-state index is 0.0458. The summed E-state index contributed by atoms with van der Waals surface area (Å²) in [7, 11) is 0. The lowest BCUT2D eigenvalue weighted by Gasteiger charge is -2.17. The summed E-state index contributed by atoms with van der Waals surface area (Å²) >= 11 is 0. The Balaban J connectivity index is 2.59. The molecule has 0 bridgehead atoms. The maximum Gasteiger partial charge on any atom is 0.416 e. The Kier molecular flexibility index (Phi) is 6.29. The number of benzene rings is 1. The highest BCUT2D eigenvalue weighted by Crippen LogP contribution is 2.31. The van der Waals surface area contributed by atoms with E-state index in [2.05, 4.69) is 5.32 Å². The molecule has 0 spiro atoms. The summed E-state index contributed by atoms with van der Waals surface area (Å²) in [5.41, 5.74) is 4.32. The number of hydrogen-bond acceptors (Lipinski definition) is 4. The molecule has 0 fully saturated rings. The van der Waals surface area contributed by atoms with E-state index in [1.165, 1.54) is 12.1 Å². The zero-order valence-electron chi connectivity index (χ0n) is 11.4. The molecule has 0 saturated carbocycles. The van der Waals surface area contributed by atoms with Gasteiger partial charge >= 0.3 is 12.3 Å². The predicted octanol–water partition coefficient (Wildman–Crippen LogP) is 2.51. The summed E-state index contributed by atoms with van der Waals surface area (Å²) in [6.07, 6.45) is -5.25. The molecule has 1 aromatic carbocycles. The van der Waals surface area contributed by atoms with Crippen LogP contribution in [0.2, 0.25) is 0 Å². The number of alkyl halides is 3. The van der Waals surface area contributed by atoms with Crippen molar-refractivity contribution in [1.29, 1.82) is 0 Å². The average molecular weight is 306 g/mol. The van der Waals surface area contributed by atoms with Crippen molar-refractivity contribution in [1.82, 2.24) is 5.32 Å². The van der Waals surface area contributed by atoms with Crippen molar-refractivity contribution < 1.29 is 27.4 Å². The number of nitrogens with one attached hydrogen (secondary N) is 1. The zero-order chi connectivity index (χ0) is 15.9. The third kappa shape index (κ3) is 5.90. The van der Waals surface area contributed by atoms with Crippen LogP contribution in [0.5, 0.6) is 5.75 Å². The molecule has 1 amide bonds. The molecule has 0 aliphatic rings. The molecule has 0 aliphatic carbocycles. The lowest BCUT2D eigenvalue weighted by Crippen LogP contribution is -2.34. The highest BCUT2D eigenvalue weighted by Gasteiger charge is 2.30. The molecule has 0 aromatic heterocycles. The fraction of sp³-hybridized carbons (Fsp3) is 0.462. The molecule has 1 unspecified atom stereocenters. The maximum atomic E-state index is 12.5. The van der Waals surface area contributed by atoms with Crippen LogP contribution in [-0.2, 0) is 10.9 Å². The average Bonchev–Trinajstić information content (AvgIpc) is 2.43. The van der Waals surface area contributed by atoms with Crippen molar-refractivity contribution in [2.24, 2.45) is 5.73 Å². The first-order chi connectivity index (χ1) is 9.86. The van der Waals surface area contributed by atoms with Gasteiger partial charge in [-0.05, 0) is 24.6 Å². The van der Waals surface area contributed by atoms with Gasteiger partial charge in [-0.3, -0.25) is 0 Å². The van der Waals surface area contributed by atoms with E-state index >= 15 is 0 Å². The molecule has 0 radical (unpaired) electrons. The Labute approximate surface area is 120 Å². The molecular weight excluding hydrogens is 289 g/mol. The van der Waals surface area contributed by atoms with Gasteiger partial charge in [0.1, 0.15) is 18.5 Å². The fourth-order valence-corrected chi connectivity index (χ4v) is 1.46. The first-order valence-corrected chi connectivity index (χ1v) is 6.31. The van der Waals surface area contributed by atoms with Crippen LogP contribution in [0.25, 0.3) is 0 Å². The van der Waals surface area contributed by atoms with Gasteiger partial charge in [-0.15, -0.1) is 0 Å². The van der Waals surface area contributed by atoms with Gasteiger partial charge < -0.3 is 20.5 Å². The van der Waals surface area contributed by atoms with Crippen LogP contribution in [0.1, 0.15) is 18.9 Å². The number of rotatable bonds is 6. The molecule has 0 heterocycles. The van der Waals surface area contributed by atoms with Crippen molar-refractivity contribution in [3.63, 3.8) is 0 Å². The van der Waals surface area contributed by atoms with Gasteiger partial charge in [0.25, 0.3) is 0 Å². The first kappa shape index (κ1) is 17.1. The summed E-state index contributed by atoms with van der Waals surface area (Å²) in [5, 5.41) is 2.25. The van der Waals surface area contributed by atoms with Gasteiger partial charge in [0, 0.05) is 0 Å². The number of ether oxygens (including phenoxy) is 2. The van der Waals surface area contributed by atoms with Crippen LogP contribution in [0, 0.1) is 0 Å². The van der Waals surface area contributed by atoms with Crippen molar-refractivity contribution in [3.8, 4) is 5.75 Å². The van der Waals surface area contributed by atoms with Crippen molar-refractivity contribution >= 4 is 6.09 Å². The topological polar surface area (TPSA) is 73.6 Å². The number of carbonyl (C=O) groups is 1. The number of nitrogens with two attached hydrogens (primary N) is 1. The Hall–Kier alpha value is -1.96. The molecule has 1 aromatic rings. The van der Waals surface area contributed by atoms with Crippen molar-refractivity contribution in [2.75, 3.05) is 13.3 Å². The summed E-state index contributed by atoms with van der Waals surface area (Å²) in [6.45, 7) is 1.65. The second-order valence-electron chi connectivity index (χ2n) is 4.15. The minimum atomic E-state index is -4.43. The Morgan fingerprint density at radius 3 is 2.71 bits per heavy atom. The molecule has 21 heavy (non-hydrogen) atoms. The minimum Gasteiger partial charge on any atom is -0.490 e. The van der Waals surface area contributed by atoms with E-state index in [0.29, 0.717) is 6.42 Å². The Morgan fingerprint density at radius 1 is 1.43 bits per heavy atom. The number of halogens is 3. The predicted molar refractivity (Wildman–Crippen MR) is 69.7 cm³/mol. The third-order valence-electron chi connectivity index (χ3n) is 2.57. The molecule has 1 atom stereocenters. The number of carbonyl (C=O) groups excluding carboxylic acids is 1. The lowest BCUT2D eigenvalue weighted by atomic mass is 10.2. The molecule has 3 N–H and O–H groups in total. The van der Waals surface area contributed by atoms with Gasteiger partial charge in [-0.1, -0.05) is 13.0 Å². The van der Waals surface area contributed by atoms with Crippen LogP contribution in [0.4, 0.5) is 18.0 Å². The summed E-state index contributed by atoms with van der Waals surface area (Å²) < 4.78 is 47.9. The maximum absolute atomic E-state index is 12.5. The third-order valence-corrected chi connectivity index (χ3v) is 2.57. The van der Waals surface area contributed by atoms with Gasteiger partial charge in [-0.25, -0.2) is 4.79 Å². The van der Waals surface area contributed by atoms with Crippen molar-refractivity contribution in [2.45, 2.75) is 25.6 Å². The van der Waals surface area contributed by atoms with Crippen LogP contribution >= 0.6 is 0 Å². The molecule has 0 saturated heterocycles. The standard InChI is InChI=1S/C13H17F3N2O3/c1-2-10(21-12(19)18-8-17)7-20-11-5-3-4-9(6-11)13(14,15)16/h3-6,10H,2,7-8,17H2,1H3,(H,18,19). The molecule has 5 nitrogen and oxygen atoms in total. The van der Waals surface area contributed by atoms with Gasteiger partial charge in [0.05, 0.1) is 12.2 Å². The smallest absolute Gasteiger partial charge is 0.416 e. The SMILES string of the molecule is CCC(COc1cccc(C(F)(F)F)c1)OC(=O)NCN. The van der Waals surface area contributed by atoms with Crippen LogP contribution in [-0.4, -0.2) is 25.5 Å². The Bertz CT molecular complexity index is 466. The molecule has 0 aliphatic heterocycles. The zero-order valence-corrected chi connectivity index (χ0v) is 11.4. The number of hydrogen-bond donors (Lipinski definition) is 2. The summed E-state index contributed by atoms with van der Waals surface area (Å²) in [4.78, 5) is 11.2. The second-order valence-corrected chi connectivity index (χ2v) is 4.15. The summed E-state index contributed by atoms with van der Waals surface area (Å²) in [5.74, 6) is 0.0612. The second kappa shape index (κ2) is 7.72. The lowest BCUT2D eigenvalue weighted by molar-refractivity contribution is -0.137. The van der Waals surface area contributed by atoms with E-state index in [1.54, 1.807) is 6.92 Å².